The number of hydrogen-bond donors (Lipinski definition) is 1. The molecule has 7 rings (SSSR count). The second-order valence-corrected chi connectivity index (χ2v) is 25.5. The zero-order valence-corrected chi connectivity index (χ0v) is 58.4. The number of hydrogen-bond acceptors (Lipinski definition) is 18. The van der Waals surface area contributed by atoms with Gasteiger partial charge in [0.2, 0.25) is 16.4 Å². The summed E-state index contributed by atoms with van der Waals surface area (Å²) >= 11 is 2.36. The number of carbonyl (C=O) groups excluding carboxylic acids is 4. The number of ether oxygens (including phenoxy) is 4. The molecule has 0 aliphatic carbocycles. The summed E-state index contributed by atoms with van der Waals surface area (Å²) in [5, 5.41) is 37.0. The Hall–Kier alpha value is -8.80. The van der Waals surface area contributed by atoms with Crippen LogP contribution < -0.4 is 9.80 Å². The van der Waals surface area contributed by atoms with E-state index in [-0.39, 0.29) is 76.6 Å². The van der Waals surface area contributed by atoms with Crippen LogP contribution in [0.25, 0.3) is 14.5 Å². The lowest BCUT2D eigenvalue weighted by atomic mass is 9.94. The van der Waals surface area contributed by atoms with Crippen molar-refractivity contribution in [2.75, 3.05) is 62.5 Å². The van der Waals surface area contributed by atoms with E-state index in [1.165, 1.54) is 79.6 Å². The minimum absolute atomic E-state index is 0. The number of anilines is 2. The van der Waals surface area contributed by atoms with Crippen LogP contribution in [0, 0.1) is 70.6 Å². The molecule has 1 fully saturated rings. The summed E-state index contributed by atoms with van der Waals surface area (Å²) < 4.78 is 21.2. The van der Waals surface area contributed by atoms with Gasteiger partial charge in [0, 0.05) is 43.5 Å². The highest BCUT2D eigenvalue weighted by atomic mass is 32.1. The average Bonchev–Trinajstić information content (AvgIpc) is 1.57. The SMILES string of the molecule is C.C.CCCCCCCCC1CC(=O)OC1=O.[C-]#[N+]c1c(N=Nc2ccc(N(CCOCCOC(=O)CC(CCCCCCCC)C(C)=O)Cc3ccccc3)cc2C)sc(C#N)c1C.[C-]#[N+]c1sc(N=Nc2ccc(N(CCOCCO)Cc3ccccc3)cc2C)c([N+]#[C-])c1C. The minimum Gasteiger partial charge on any atom is -0.463 e. The smallest absolute Gasteiger partial charge is 0.317 e. The number of azo groups is 2. The second-order valence-electron chi connectivity index (χ2n) is 23.5. The monoisotopic (exact) mass is 1370 g/mol. The van der Waals surface area contributed by atoms with Gasteiger partial charge in [-0.2, -0.15) is 25.7 Å². The molecule has 0 amide bonds. The van der Waals surface area contributed by atoms with Crippen molar-refractivity contribution in [3.63, 3.8) is 0 Å². The van der Waals surface area contributed by atoms with Crippen LogP contribution in [0.1, 0.15) is 177 Å². The average molecular weight is 1370 g/mol. The molecular formula is C77H100N10O9S2. The van der Waals surface area contributed by atoms with Crippen molar-refractivity contribution in [1.29, 1.82) is 5.26 Å². The van der Waals surface area contributed by atoms with Crippen molar-refractivity contribution in [2.45, 2.75) is 179 Å². The topological polar surface area (TPSA) is 218 Å². The van der Waals surface area contributed by atoms with Crippen LogP contribution >= 0.6 is 22.7 Å². The summed E-state index contributed by atoms with van der Waals surface area (Å²) in [5.41, 5.74) is 9.67. The van der Waals surface area contributed by atoms with Gasteiger partial charge in [0.1, 0.15) is 28.5 Å². The first-order valence-corrected chi connectivity index (χ1v) is 34.8. The Morgan fingerprint density at radius 1 is 0.653 bits per heavy atom. The number of thiophene rings is 2. The van der Waals surface area contributed by atoms with Crippen LogP contribution in [-0.2, 0) is 51.2 Å². The fourth-order valence-corrected chi connectivity index (χ4v) is 12.2. The number of cyclic esters (lactones) is 2. The van der Waals surface area contributed by atoms with E-state index in [0.717, 1.165) is 73.1 Å². The largest absolute Gasteiger partial charge is 0.463 e. The number of ketones is 1. The predicted molar refractivity (Wildman–Crippen MR) is 394 cm³/mol. The van der Waals surface area contributed by atoms with Gasteiger partial charge in [-0.1, -0.05) is 173 Å². The highest BCUT2D eigenvalue weighted by Gasteiger charge is 2.32. The van der Waals surface area contributed by atoms with Gasteiger partial charge in [-0.25, -0.2) is 14.5 Å². The molecule has 524 valence electrons. The van der Waals surface area contributed by atoms with Gasteiger partial charge in [0.15, 0.2) is 0 Å². The highest BCUT2D eigenvalue weighted by molar-refractivity contribution is 7.20. The molecule has 6 aromatic rings. The zero-order chi connectivity index (χ0) is 69.5. The van der Waals surface area contributed by atoms with Crippen molar-refractivity contribution in [3.05, 3.63) is 170 Å². The second kappa shape index (κ2) is 47.2. The normalized spacial score (nSPS) is 12.5. The number of benzene rings is 4. The number of aliphatic hydroxyl groups excluding tert-OH is 1. The van der Waals surface area contributed by atoms with Gasteiger partial charge in [-0.15, -0.1) is 22.7 Å². The number of unbranched alkanes of at least 4 members (excludes halogenated alkanes) is 10. The molecule has 0 bridgehead atoms. The van der Waals surface area contributed by atoms with E-state index in [2.05, 4.69) is 99.8 Å². The first kappa shape index (κ1) is 83.4. The molecule has 0 radical (unpaired) electrons. The summed E-state index contributed by atoms with van der Waals surface area (Å²) in [5.74, 6) is -1.40. The maximum atomic E-state index is 12.4. The van der Waals surface area contributed by atoms with E-state index in [1.54, 1.807) is 20.8 Å². The van der Waals surface area contributed by atoms with Crippen molar-refractivity contribution in [1.82, 2.24) is 0 Å². The Bertz CT molecular complexity index is 3660. The molecule has 3 heterocycles. The molecule has 1 saturated heterocycles. The van der Waals surface area contributed by atoms with Crippen molar-refractivity contribution in [3.8, 4) is 6.07 Å². The van der Waals surface area contributed by atoms with E-state index < -0.39 is 0 Å². The van der Waals surface area contributed by atoms with Crippen LogP contribution in [0.5, 0.6) is 0 Å². The number of aliphatic hydroxyl groups is 1. The lowest BCUT2D eigenvalue weighted by molar-refractivity contribution is -0.153. The van der Waals surface area contributed by atoms with E-state index in [0.29, 0.717) is 99.6 Å². The van der Waals surface area contributed by atoms with Gasteiger partial charge in [-0.3, -0.25) is 19.2 Å². The van der Waals surface area contributed by atoms with Crippen molar-refractivity contribution < 1.29 is 43.2 Å². The first-order valence-electron chi connectivity index (χ1n) is 33.2. The van der Waals surface area contributed by atoms with Gasteiger partial charge >= 0.3 is 17.9 Å². The van der Waals surface area contributed by atoms with Crippen LogP contribution in [0.2, 0.25) is 0 Å². The van der Waals surface area contributed by atoms with Crippen molar-refractivity contribution in [2.24, 2.45) is 32.3 Å². The zero-order valence-electron chi connectivity index (χ0n) is 56.8. The summed E-state index contributed by atoms with van der Waals surface area (Å²) in [6, 6.07) is 34.4. The van der Waals surface area contributed by atoms with Gasteiger partial charge in [0.05, 0.1) is 87.8 Å². The number of nitrogens with zero attached hydrogens (tertiary/aromatic N) is 10. The van der Waals surface area contributed by atoms with Gasteiger partial charge in [-0.05, 0) is 110 Å². The Labute approximate surface area is 590 Å². The molecule has 2 aromatic heterocycles. The fraction of sp³-hybridized carbons (Fsp3) is 0.481. The van der Waals surface area contributed by atoms with Gasteiger partial charge < -0.3 is 33.9 Å². The Balaban J connectivity index is 0.000000430. The van der Waals surface area contributed by atoms with E-state index >= 15 is 0 Å². The number of nitriles is 1. The summed E-state index contributed by atoms with van der Waals surface area (Å²) in [6.07, 6.45) is 16.1. The van der Waals surface area contributed by atoms with E-state index in [4.69, 9.17) is 39.0 Å². The Morgan fingerprint density at radius 2 is 1.15 bits per heavy atom. The van der Waals surface area contributed by atoms with Gasteiger partial charge in [0.25, 0.3) is 0 Å². The number of Topliss-reactive ketones (excluding diaryl/α,β-unsaturated/α-hetero) is 1. The van der Waals surface area contributed by atoms with Crippen LogP contribution in [0.3, 0.4) is 0 Å². The molecule has 21 heteroatoms. The van der Waals surface area contributed by atoms with Crippen LogP contribution in [0.15, 0.2) is 118 Å². The standard InChI is InChI=1S/C38H47N5O4S.C25H25N5O2S.C12H20O3.2CH4/c1-6-7-8-9-10-14-17-32(30(4)44)25-36(45)47-23-22-46-21-20-43(27-31-15-12-11-13-16-31)33-18-19-34(28(2)24-33)41-42-38-37(40-5)29(3)35(26-39)48-38;1-18-16-21(30(12-14-32-15-13-31)17-20-8-6-5-7-9-20)10-11-22(18)28-29-25-23(26-3)19(2)24(27-4)33-25;1-2-3-4-5-6-7-8-10-9-11(13)15-12(10)14;;/h11-13,15-16,18-19,24,32H,6-10,14,17,20-23,25,27H2,1-4H3;5-11,16,31H,12-15,17H2,1-2H3;10H,2-9H2,1H3;2*1H4. The molecule has 19 nitrogen and oxygen atoms in total. The fourth-order valence-electron chi connectivity index (χ4n) is 10.5. The Morgan fingerprint density at radius 3 is 1.62 bits per heavy atom. The number of esters is 3. The molecule has 1 aliphatic heterocycles. The molecule has 2 unspecified atom stereocenters. The molecule has 4 aromatic carbocycles. The first-order chi connectivity index (χ1) is 46.6. The number of rotatable bonds is 38. The predicted octanol–water partition coefficient (Wildman–Crippen LogP) is 21.1. The maximum absolute atomic E-state index is 12.4. The lowest BCUT2D eigenvalue weighted by Gasteiger charge is -2.25. The summed E-state index contributed by atoms with van der Waals surface area (Å²) in [6.45, 7) is 39.9. The molecular weight excluding hydrogens is 1270 g/mol. The highest BCUT2D eigenvalue weighted by Crippen LogP contribution is 2.48. The number of carbonyl (C=O) groups is 4. The van der Waals surface area contributed by atoms with Crippen LogP contribution in [0.4, 0.5) is 49.1 Å². The molecule has 2 atom stereocenters. The molecule has 1 aliphatic rings. The third kappa shape index (κ3) is 28.7. The minimum atomic E-state index is -0.353. The molecule has 98 heavy (non-hydrogen) atoms. The summed E-state index contributed by atoms with van der Waals surface area (Å²) in [4.78, 5) is 61.9. The van der Waals surface area contributed by atoms with E-state index in [9.17, 15) is 24.4 Å². The molecule has 1 N–H and O–H groups in total. The van der Waals surface area contributed by atoms with Crippen molar-refractivity contribution >= 4 is 95.5 Å². The van der Waals surface area contributed by atoms with Crippen LogP contribution in [-0.4, -0.2) is 81.5 Å². The lowest BCUT2D eigenvalue weighted by Crippen LogP contribution is -2.27. The third-order valence-electron chi connectivity index (χ3n) is 16.1. The third-order valence-corrected chi connectivity index (χ3v) is 18.2. The summed E-state index contributed by atoms with van der Waals surface area (Å²) in [7, 11) is 0. The number of aryl methyl sites for hydroxylation is 2. The quantitative estimate of drug-likeness (QED) is 0.0126. The Kier molecular flexibility index (Phi) is 40.2. The molecule has 0 spiro atoms. The van der Waals surface area contributed by atoms with E-state index in [1.807, 2.05) is 80.6 Å². The maximum Gasteiger partial charge on any atom is 0.317 e. The molecule has 0 saturated carbocycles.